The van der Waals surface area contributed by atoms with Crippen LogP contribution in [0, 0.1) is 12.3 Å². The number of terminal acetylenes is 1. The lowest BCUT2D eigenvalue weighted by Gasteiger charge is -2.06. The SMILES string of the molecule is C#CCNCC(C)SC. The van der Waals surface area contributed by atoms with Gasteiger partial charge in [-0.25, -0.2) is 0 Å². The molecule has 0 radical (unpaired) electrons. The van der Waals surface area contributed by atoms with Crippen molar-refractivity contribution < 1.29 is 0 Å². The topological polar surface area (TPSA) is 12.0 Å². The average molecular weight is 143 g/mol. The number of hydrogen-bond donors (Lipinski definition) is 1. The highest BCUT2D eigenvalue weighted by Gasteiger charge is 1.94. The van der Waals surface area contributed by atoms with Crippen molar-refractivity contribution >= 4 is 11.8 Å². The molecule has 1 N–H and O–H groups in total. The molecular weight excluding hydrogens is 130 g/mol. The summed E-state index contributed by atoms with van der Waals surface area (Å²) in [6.45, 7) is 3.87. The number of thioether (sulfide) groups is 1. The summed E-state index contributed by atoms with van der Waals surface area (Å²) in [6, 6.07) is 0. The van der Waals surface area contributed by atoms with Crippen LogP contribution in [0.3, 0.4) is 0 Å². The number of hydrogen-bond acceptors (Lipinski definition) is 2. The predicted octanol–water partition coefficient (Wildman–Crippen LogP) is 0.961. The van der Waals surface area contributed by atoms with Gasteiger partial charge in [-0.1, -0.05) is 12.8 Å². The first kappa shape index (κ1) is 8.87. The van der Waals surface area contributed by atoms with Gasteiger partial charge in [0.15, 0.2) is 0 Å². The summed E-state index contributed by atoms with van der Waals surface area (Å²) in [7, 11) is 0. The Kier molecular flexibility index (Phi) is 5.91. The Hall–Kier alpha value is -0.130. The molecule has 0 aromatic heterocycles. The fourth-order valence-electron chi connectivity index (χ4n) is 0.431. The van der Waals surface area contributed by atoms with E-state index in [1.165, 1.54) is 0 Å². The van der Waals surface area contributed by atoms with Crippen molar-refractivity contribution in [3.63, 3.8) is 0 Å². The zero-order valence-corrected chi connectivity index (χ0v) is 6.79. The van der Waals surface area contributed by atoms with Crippen molar-refractivity contribution in [2.45, 2.75) is 12.2 Å². The molecule has 0 fully saturated rings. The molecule has 0 heterocycles. The van der Waals surface area contributed by atoms with Gasteiger partial charge in [-0.05, 0) is 6.26 Å². The minimum absolute atomic E-state index is 0.665. The predicted molar refractivity (Wildman–Crippen MR) is 44.7 cm³/mol. The Morgan fingerprint density at radius 3 is 2.89 bits per heavy atom. The molecular formula is C7H13NS. The van der Waals surface area contributed by atoms with E-state index in [4.69, 9.17) is 6.42 Å². The van der Waals surface area contributed by atoms with Crippen LogP contribution in [-0.4, -0.2) is 24.6 Å². The van der Waals surface area contributed by atoms with Gasteiger partial charge in [-0.2, -0.15) is 11.8 Å². The van der Waals surface area contributed by atoms with Gasteiger partial charge in [0.05, 0.1) is 6.54 Å². The largest absolute Gasteiger partial charge is 0.305 e. The third-order valence-corrected chi connectivity index (χ3v) is 2.03. The first-order valence-electron chi connectivity index (χ1n) is 2.98. The molecule has 0 aliphatic rings. The van der Waals surface area contributed by atoms with E-state index in [9.17, 15) is 0 Å². The molecule has 0 aromatic rings. The monoisotopic (exact) mass is 143 g/mol. The van der Waals surface area contributed by atoms with Crippen LogP contribution >= 0.6 is 11.8 Å². The van der Waals surface area contributed by atoms with E-state index in [2.05, 4.69) is 24.4 Å². The number of rotatable bonds is 4. The molecule has 0 aliphatic heterocycles. The molecule has 0 aliphatic carbocycles. The van der Waals surface area contributed by atoms with Crippen molar-refractivity contribution in [2.24, 2.45) is 0 Å². The Bertz CT molecular complexity index is 95.6. The van der Waals surface area contributed by atoms with Crippen LogP contribution in [0.1, 0.15) is 6.92 Å². The molecule has 2 heteroatoms. The Labute approximate surface area is 61.6 Å². The highest BCUT2D eigenvalue weighted by molar-refractivity contribution is 7.99. The lowest BCUT2D eigenvalue weighted by molar-refractivity contribution is 0.749. The minimum atomic E-state index is 0.665. The molecule has 0 saturated carbocycles. The van der Waals surface area contributed by atoms with Crippen LogP contribution in [-0.2, 0) is 0 Å². The molecule has 0 rings (SSSR count). The summed E-state index contributed by atoms with van der Waals surface area (Å²) in [5.74, 6) is 2.53. The lowest BCUT2D eigenvalue weighted by Crippen LogP contribution is -2.22. The van der Waals surface area contributed by atoms with E-state index >= 15 is 0 Å². The van der Waals surface area contributed by atoms with Crippen molar-refractivity contribution in [2.75, 3.05) is 19.3 Å². The highest BCUT2D eigenvalue weighted by Crippen LogP contribution is 2.01. The second-order valence-electron chi connectivity index (χ2n) is 1.88. The maximum absolute atomic E-state index is 5.04. The van der Waals surface area contributed by atoms with Gasteiger partial charge in [0.2, 0.25) is 0 Å². The summed E-state index contributed by atoms with van der Waals surface area (Å²) >= 11 is 1.84. The molecule has 0 aromatic carbocycles. The summed E-state index contributed by atoms with van der Waals surface area (Å²) in [4.78, 5) is 0. The quantitative estimate of drug-likeness (QED) is 0.465. The van der Waals surface area contributed by atoms with Crippen LogP contribution < -0.4 is 5.32 Å². The molecule has 0 amide bonds. The van der Waals surface area contributed by atoms with E-state index in [0.717, 1.165) is 6.54 Å². The van der Waals surface area contributed by atoms with Crippen LogP contribution in [0.5, 0.6) is 0 Å². The Balaban J connectivity index is 2.99. The molecule has 1 unspecified atom stereocenters. The Morgan fingerprint density at radius 2 is 2.44 bits per heavy atom. The minimum Gasteiger partial charge on any atom is -0.305 e. The van der Waals surface area contributed by atoms with Crippen molar-refractivity contribution in [1.82, 2.24) is 5.32 Å². The second kappa shape index (κ2) is 6.00. The molecule has 0 bridgehead atoms. The standard InChI is InChI=1S/C7H13NS/c1-4-5-8-6-7(2)9-3/h1,7-8H,5-6H2,2-3H3. The van der Waals surface area contributed by atoms with Gasteiger partial charge in [0.1, 0.15) is 0 Å². The van der Waals surface area contributed by atoms with E-state index in [1.54, 1.807) is 0 Å². The Morgan fingerprint density at radius 1 is 1.78 bits per heavy atom. The van der Waals surface area contributed by atoms with Crippen LogP contribution in [0.25, 0.3) is 0 Å². The fraction of sp³-hybridized carbons (Fsp3) is 0.714. The van der Waals surface area contributed by atoms with Crippen LogP contribution in [0.2, 0.25) is 0 Å². The molecule has 0 spiro atoms. The van der Waals surface area contributed by atoms with E-state index in [-0.39, 0.29) is 0 Å². The third-order valence-electron chi connectivity index (χ3n) is 1.06. The van der Waals surface area contributed by atoms with Crippen molar-refractivity contribution in [3.05, 3.63) is 0 Å². The van der Waals surface area contributed by atoms with Gasteiger partial charge in [-0.3, -0.25) is 0 Å². The van der Waals surface area contributed by atoms with E-state index < -0.39 is 0 Å². The van der Waals surface area contributed by atoms with E-state index in [1.807, 2.05) is 11.8 Å². The maximum Gasteiger partial charge on any atom is 0.0574 e. The zero-order chi connectivity index (χ0) is 7.11. The summed E-state index contributed by atoms with van der Waals surface area (Å²) < 4.78 is 0. The third kappa shape index (κ3) is 5.75. The first-order valence-corrected chi connectivity index (χ1v) is 4.27. The summed E-state index contributed by atoms with van der Waals surface area (Å²) in [6.07, 6.45) is 7.14. The van der Waals surface area contributed by atoms with Gasteiger partial charge >= 0.3 is 0 Å². The molecule has 52 valence electrons. The first-order chi connectivity index (χ1) is 4.31. The van der Waals surface area contributed by atoms with Gasteiger partial charge in [-0.15, -0.1) is 6.42 Å². The summed E-state index contributed by atoms with van der Waals surface area (Å²) in [5.41, 5.74) is 0. The normalized spacial score (nSPS) is 12.6. The van der Waals surface area contributed by atoms with E-state index in [0.29, 0.717) is 11.8 Å². The van der Waals surface area contributed by atoms with Crippen molar-refractivity contribution in [3.8, 4) is 12.3 Å². The van der Waals surface area contributed by atoms with Gasteiger partial charge in [0.25, 0.3) is 0 Å². The summed E-state index contributed by atoms with van der Waals surface area (Å²) in [5, 5.41) is 3.79. The zero-order valence-electron chi connectivity index (χ0n) is 5.98. The molecule has 9 heavy (non-hydrogen) atoms. The van der Waals surface area contributed by atoms with Gasteiger partial charge in [0, 0.05) is 11.8 Å². The second-order valence-corrected chi connectivity index (χ2v) is 3.16. The fourth-order valence-corrected chi connectivity index (χ4v) is 0.715. The molecule has 0 saturated heterocycles. The number of nitrogens with one attached hydrogen (secondary N) is 1. The average Bonchev–Trinajstić information content (AvgIpc) is 1.89. The highest BCUT2D eigenvalue weighted by atomic mass is 32.2. The molecule has 1 nitrogen and oxygen atoms in total. The van der Waals surface area contributed by atoms with Gasteiger partial charge < -0.3 is 5.32 Å². The smallest absolute Gasteiger partial charge is 0.0574 e. The van der Waals surface area contributed by atoms with Crippen molar-refractivity contribution in [1.29, 1.82) is 0 Å². The maximum atomic E-state index is 5.04. The van der Waals surface area contributed by atoms with Crippen LogP contribution in [0.15, 0.2) is 0 Å². The van der Waals surface area contributed by atoms with Crippen LogP contribution in [0.4, 0.5) is 0 Å². The molecule has 1 atom stereocenters. The lowest BCUT2D eigenvalue weighted by atomic mass is 10.4.